The fourth-order valence-electron chi connectivity index (χ4n) is 3.75. The quantitative estimate of drug-likeness (QED) is 0.0963. The van der Waals surface area contributed by atoms with Gasteiger partial charge in [0.2, 0.25) is 0 Å². The van der Waals surface area contributed by atoms with E-state index in [2.05, 4.69) is 0 Å². The second-order valence-corrected chi connectivity index (χ2v) is 9.71. The minimum absolute atomic E-state index is 0.00381. The summed E-state index contributed by atoms with van der Waals surface area (Å²) in [5.41, 5.74) is 1.77. The summed E-state index contributed by atoms with van der Waals surface area (Å²) in [4.78, 5) is 42.5. The van der Waals surface area contributed by atoms with Crippen LogP contribution >= 0.6 is 23.1 Å². The summed E-state index contributed by atoms with van der Waals surface area (Å²) >= 11 is 2.42. The number of non-ortho nitro benzene ring substituents is 1. The third kappa shape index (κ3) is 5.12. The zero-order chi connectivity index (χ0) is 25.8. The molecule has 0 saturated carbocycles. The monoisotopic (exact) mass is 525 g/mol. The maximum Gasteiger partial charge on any atom is 0.348 e. The van der Waals surface area contributed by atoms with Crippen molar-refractivity contribution in [3.05, 3.63) is 90.6 Å². The first kappa shape index (κ1) is 25.4. The molecule has 2 heterocycles. The Balaban J connectivity index is 1.82. The van der Waals surface area contributed by atoms with Gasteiger partial charge in [-0.05, 0) is 31.0 Å². The molecular formula is C25H23N3O6S2. The smallest absolute Gasteiger partial charge is 0.348 e. The van der Waals surface area contributed by atoms with E-state index in [1.807, 2.05) is 24.3 Å². The predicted octanol–water partition coefficient (Wildman–Crippen LogP) is 5.20. The van der Waals surface area contributed by atoms with E-state index in [9.17, 15) is 19.7 Å². The van der Waals surface area contributed by atoms with E-state index in [1.165, 1.54) is 23.9 Å². The molecule has 0 aliphatic heterocycles. The minimum atomic E-state index is -0.487. The largest absolute Gasteiger partial charge is 0.496 e. The van der Waals surface area contributed by atoms with Gasteiger partial charge < -0.3 is 9.47 Å². The number of hydrogen-bond donors (Lipinski definition) is 0. The topological polar surface area (TPSA) is 114 Å². The van der Waals surface area contributed by atoms with Crippen LogP contribution in [0.2, 0.25) is 0 Å². The molecule has 11 heteroatoms. The Bertz CT molecular complexity index is 1510. The molecule has 0 amide bonds. The molecule has 2 aromatic carbocycles. The van der Waals surface area contributed by atoms with Gasteiger partial charge in [0.25, 0.3) is 11.2 Å². The number of esters is 1. The van der Waals surface area contributed by atoms with Crippen LogP contribution in [0.25, 0.3) is 10.2 Å². The molecular weight excluding hydrogens is 502 g/mol. The van der Waals surface area contributed by atoms with Crippen LogP contribution in [0.15, 0.2) is 58.5 Å². The van der Waals surface area contributed by atoms with Crippen LogP contribution in [-0.4, -0.2) is 34.2 Å². The Hall–Kier alpha value is -3.70. The van der Waals surface area contributed by atoms with E-state index in [-0.39, 0.29) is 24.4 Å². The van der Waals surface area contributed by atoms with Gasteiger partial charge in [-0.25, -0.2) is 9.78 Å². The Kier molecular flexibility index (Phi) is 7.70. The van der Waals surface area contributed by atoms with Crippen LogP contribution in [0.1, 0.15) is 33.3 Å². The third-order valence-corrected chi connectivity index (χ3v) is 7.70. The van der Waals surface area contributed by atoms with Crippen LogP contribution in [0.3, 0.4) is 0 Å². The summed E-state index contributed by atoms with van der Waals surface area (Å²) in [6.45, 7) is 3.87. The van der Waals surface area contributed by atoms with E-state index in [4.69, 9.17) is 14.5 Å². The van der Waals surface area contributed by atoms with Crippen LogP contribution < -0.4 is 10.3 Å². The van der Waals surface area contributed by atoms with Crippen molar-refractivity contribution in [2.45, 2.75) is 31.3 Å². The van der Waals surface area contributed by atoms with Crippen molar-refractivity contribution >= 4 is 45.0 Å². The standard InChI is InChI=1S/C25H23N3O6S2/c1-4-34-24(30)21-15(2)20-22(36-21)26-25(35-14-16-8-7-10-18(12-16)28(31)32)27(23(20)29)13-17-9-5-6-11-19(17)33-3/h5-12H,4,13-14H2,1-3H3. The summed E-state index contributed by atoms with van der Waals surface area (Å²) in [6, 6.07) is 13.7. The number of thioether (sulfide) groups is 1. The Labute approximate surface area is 214 Å². The highest BCUT2D eigenvalue weighted by Crippen LogP contribution is 2.32. The zero-order valence-corrected chi connectivity index (χ0v) is 21.5. The minimum Gasteiger partial charge on any atom is -0.496 e. The van der Waals surface area contributed by atoms with Gasteiger partial charge in [-0.3, -0.25) is 19.5 Å². The van der Waals surface area contributed by atoms with E-state index < -0.39 is 10.9 Å². The molecule has 0 atom stereocenters. The first-order valence-electron chi connectivity index (χ1n) is 11.0. The van der Waals surface area contributed by atoms with Crippen molar-refractivity contribution in [2.75, 3.05) is 13.7 Å². The average Bonchev–Trinajstić information content (AvgIpc) is 3.21. The van der Waals surface area contributed by atoms with E-state index >= 15 is 0 Å². The van der Waals surface area contributed by atoms with Crippen LogP contribution in [0.4, 0.5) is 5.69 Å². The van der Waals surface area contributed by atoms with Gasteiger partial charge in [0, 0.05) is 23.4 Å². The Morgan fingerprint density at radius 3 is 2.72 bits per heavy atom. The van der Waals surface area contributed by atoms with Crippen molar-refractivity contribution in [3.8, 4) is 5.75 Å². The lowest BCUT2D eigenvalue weighted by molar-refractivity contribution is -0.384. The lowest BCUT2D eigenvalue weighted by atomic mass is 10.2. The molecule has 4 rings (SSSR count). The molecule has 0 aliphatic rings. The van der Waals surface area contributed by atoms with Crippen molar-refractivity contribution in [2.24, 2.45) is 0 Å². The Morgan fingerprint density at radius 2 is 2.00 bits per heavy atom. The number of hydrogen-bond acceptors (Lipinski definition) is 9. The molecule has 0 bridgehead atoms. The highest BCUT2D eigenvalue weighted by Gasteiger charge is 2.23. The normalized spacial score (nSPS) is 11.0. The fraction of sp³-hybridized carbons (Fsp3) is 0.240. The van der Waals surface area contributed by atoms with Crippen LogP contribution in [0, 0.1) is 17.0 Å². The second-order valence-electron chi connectivity index (χ2n) is 7.77. The van der Waals surface area contributed by atoms with E-state index in [0.29, 0.717) is 37.3 Å². The van der Waals surface area contributed by atoms with Gasteiger partial charge in [-0.1, -0.05) is 42.1 Å². The molecule has 0 spiro atoms. The van der Waals surface area contributed by atoms with Gasteiger partial charge in [0.1, 0.15) is 15.5 Å². The molecule has 0 unspecified atom stereocenters. The second kappa shape index (κ2) is 10.9. The molecule has 0 fully saturated rings. The number of aromatic nitrogens is 2. The number of nitro groups is 1. The molecule has 0 saturated heterocycles. The van der Waals surface area contributed by atoms with Crippen molar-refractivity contribution in [1.29, 1.82) is 0 Å². The summed E-state index contributed by atoms with van der Waals surface area (Å²) < 4.78 is 12.2. The number of ether oxygens (including phenoxy) is 2. The number of aryl methyl sites for hydroxylation is 1. The van der Waals surface area contributed by atoms with Gasteiger partial charge in [0.05, 0.1) is 30.6 Å². The fourth-order valence-corrected chi connectivity index (χ4v) is 5.81. The lowest BCUT2D eigenvalue weighted by Crippen LogP contribution is -2.24. The summed E-state index contributed by atoms with van der Waals surface area (Å²) in [6.07, 6.45) is 0. The van der Waals surface area contributed by atoms with E-state index in [0.717, 1.165) is 22.5 Å². The van der Waals surface area contributed by atoms with Crippen LogP contribution in [0.5, 0.6) is 5.75 Å². The molecule has 186 valence electrons. The summed E-state index contributed by atoms with van der Waals surface area (Å²) in [5.74, 6) is 0.508. The highest BCUT2D eigenvalue weighted by molar-refractivity contribution is 7.98. The van der Waals surface area contributed by atoms with Gasteiger partial charge in [-0.2, -0.15) is 0 Å². The van der Waals surface area contributed by atoms with Crippen LogP contribution in [-0.2, 0) is 17.0 Å². The average molecular weight is 526 g/mol. The van der Waals surface area contributed by atoms with Gasteiger partial charge in [-0.15, -0.1) is 11.3 Å². The molecule has 0 N–H and O–H groups in total. The number of carbonyl (C=O) groups excluding carboxylic acids is 1. The molecule has 0 radical (unpaired) electrons. The van der Waals surface area contributed by atoms with Crippen molar-refractivity contribution in [3.63, 3.8) is 0 Å². The number of rotatable bonds is 9. The first-order valence-corrected chi connectivity index (χ1v) is 12.8. The summed E-state index contributed by atoms with van der Waals surface area (Å²) in [5, 5.41) is 12.0. The van der Waals surface area contributed by atoms with Gasteiger partial charge >= 0.3 is 5.97 Å². The Morgan fingerprint density at radius 1 is 1.22 bits per heavy atom. The number of fused-ring (bicyclic) bond motifs is 1. The number of benzene rings is 2. The number of nitro benzene ring substituents is 1. The number of nitrogens with zero attached hydrogens (tertiary/aromatic N) is 3. The third-order valence-electron chi connectivity index (χ3n) is 5.49. The summed E-state index contributed by atoms with van der Waals surface area (Å²) in [7, 11) is 1.57. The molecule has 9 nitrogen and oxygen atoms in total. The zero-order valence-electron chi connectivity index (χ0n) is 19.8. The molecule has 2 aromatic heterocycles. The number of carbonyl (C=O) groups is 1. The number of para-hydroxylation sites is 1. The van der Waals surface area contributed by atoms with Crippen molar-refractivity contribution < 1.29 is 19.2 Å². The molecule has 4 aromatic rings. The highest BCUT2D eigenvalue weighted by atomic mass is 32.2. The predicted molar refractivity (Wildman–Crippen MR) is 139 cm³/mol. The van der Waals surface area contributed by atoms with E-state index in [1.54, 1.807) is 37.7 Å². The SMILES string of the molecule is CCOC(=O)c1sc2nc(SCc3cccc([N+](=O)[O-])c3)n(Cc3ccccc3OC)c(=O)c2c1C. The van der Waals surface area contributed by atoms with Gasteiger partial charge in [0.15, 0.2) is 5.16 Å². The molecule has 36 heavy (non-hydrogen) atoms. The maximum atomic E-state index is 13.8. The first-order chi connectivity index (χ1) is 17.3. The van der Waals surface area contributed by atoms with Crippen molar-refractivity contribution in [1.82, 2.24) is 9.55 Å². The lowest BCUT2D eigenvalue weighted by Gasteiger charge is -2.14. The number of methoxy groups -OCH3 is 1. The molecule has 0 aliphatic carbocycles. The number of thiophene rings is 1. The maximum absolute atomic E-state index is 13.8.